The zero-order valence-corrected chi connectivity index (χ0v) is 14.5. The molecule has 0 aliphatic heterocycles. The van der Waals surface area contributed by atoms with E-state index in [1.165, 1.54) is 16.4 Å². The first kappa shape index (κ1) is 17.9. The molecule has 1 aromatic heterocycles. The second kappa shape index (κ2) is 8.39. The van der Waals surface area contributed by atoms with Crippen molar-refractivity contribution in [2.45, 2.75) is 24.3 Å². The summed E-state index contributed by atoms with van der Waals surface area (Å²) in [6.45, 7) is 8.32. The van der Waals surface area contributed by atoms with E-state index in [0.29, 0.717) is 24.1 Å². The van der Waals surface area contributed by atoms with Crippen LogP contribution in [0.25, 0.3) is 11.4 Å². The molecule has 1 aromatic carbocycles. The molecule has 0 unspecified atom stereocenters. The molecule has 3 N–H and O–H groups in total. The van der Waals surface area contributed by atoms with E-state index in [0.717, 1.165) is 11.3 Å². The summed E-state index contributed by atoms with van der Waals surface area (Å²) < 4.78 is 6.80. The van der Waals surface area contributed by atoms with E-state index in [-0.39, 0.29) is 11.2 Å². The molecule has 0 aliphatic rings. The first-order chi connectivity index (χ1) is 11.6. The molecule has 7 nitrogen and oxygen atoms in total. The Morgan fingerprint density at radius 2 is 2.17 bits per heavy atom. The van der Waals surface area contributed by atoms with Gasteiger partial charge in [0.25, 0.3) is 0 Å². The molecule has 0 bridgehead atoms. The normalized spacial score (nSPS) is 11.8. The van der Waals surface area contributed by atoms with Crippen LogP contribution in [0.2, 0.25) is 0 Å². The van der Waals surface area contributed by atoms with Gasteiger partial charge in [0.2, 0.25) is 11.1 Å². The lowest BCUT2D eigenvalue weighted by Crippen LogP contribution is -2.31. The maximum atomic E-state index is 11.9. The smallest absolute Gasteiger partial charge is 0.233 e. The summed E-state index contributed by atoms with van der Waals surface area (Å²) in [6.07, 6.45) is 1.63. The number of thioether (sulfide) groups is 1. The summed E-state index contributed by atoms with van der Waals surface area (Å²) in [5.41, 5.74) is 0.823. The standard InChI is InChI=1S/C16H21N5O2S/c1-4-10-18-15(22)11(3)24-16-20-19-14(21(16)17)12-6-8-13(9-7-12)23-5-2/h4,6-9,11H,1,5,10,17H2,2-3H3,(H,18,22)/t11-/m0/s1. The fraction of sp³-hybridized carbons (Fsp3) is 0.312. The minimum atomic E-state index is -0.343. The highest BCUT2D eigenvalue weighted by molar-refractivity contribution is 8.00. The molecule has 24 heavy (non-hydrogen) atoms. The number of benzene rings is 1. The van der Waals surface area contributed by atoms with Gasteiger partial charge in [-0.1, -0.05) is 17.8 Å². The van der Waals surface area contributed by atoms with Gasteiger partial charge in [-0.2, -0.15) is 0 Å². The topological polar surface area (TPSA) is 95.1 Å². The highest BCUT2D eigenvalue weighted by Gasteiger charge is 2.19. The van der Waals surface area contributed by atoms with Crippen molar-refractivity contribution in [2.24, 2.45) is 0 Å². The third-order valence-electron chi connectivity index (χ3n) is 3.16. The van der Waals surface area contributed by atoms with E-state index in [1.807, 2.05) is 31.2 Å². The van der Waals surface area contributed by atoms with Crippen molar-refractivity contribution in [2.75, 3.05) is 19.0 Å². The van der Waals surface area contributed by atoms with Crippen molar-refractivity contribution in [1.29, 1.82) is 0 Å². The Morgan fingerprint density at radius 1 is 1.46 bits per heavy atom. The van der Waals surface area contributed by atoms with Gasteiger partial charge in [0.05, 0.1) is 11.9 Å². The van der Waals surface area contributed by atoms with Crippen LogP contribution in [0.15, 0.2) is 42.1 Å². The maximum Gasteiger partial charge on any atom is 0.233 e. The second-order valence-corrected chi connectivity index (χ2v) is 6.24. The number of aromatic nitrogens is 3. The number of carbonyl (C=O) groups is 1. The van der Waals surface area contributed by atoms with Gasteiger partial charge < -0.3 is 15.9 Å². The molecular weight excluding hydrogens is 326 g/mol. The molecule has 0 fully saturated rings. The molecule has 2 rings (SSSR count). The Balaban J connectivity index is 2.10. The van der Waals surface area contributed by atoms with Gasteiger partial charge >= 0.3 is 0 Å². The lowest BCUT2D eigenvalue weighted by atomic mass is 10.2. The van der Waals surface area contributed by atoms with Crippen LogP contribution in [-0.4, -0.2) is 39.2 Å². The van der Waals surface area contributed by atoms with Crippen molar-refractivity contribution in [1.82, 2.24) is 20.2 Å². The lowest BCUT2D eigenvalue weighted by molar-refractivity contribution is -0.120. The van der Waals surface area contributed by atoms with Crippen LogP contribution < -0.4 is 15.9 Å². The Morgan fingerprint density at radius 3 is 2.79 bits per heavy atom. The van der Waals surface area contributed by atoms with Crippen molar-refractivity contribution in [3.05, 3.63) is 36.9 Å². The van der Waals surface area contributed by atoms with Gasteiger partial charge in [-0.15, -0.1) is 16.8 Å². The van der Waals surface area contributed by atoms with Crippen LogP contribution in [0.3, 0.4) is 0 Å². The SMILES string of the molecule is C=CCNC(=O)[C@H](C)Sc1nnc(-c2ccc(OCC)cc2)n1N. The molecule has 0 aliphatic carbocycles. The lowest BCUT2D eigenvalue weighted by Gasteiger charge is -2.10. The number of carbonyl (C=O) groups excluding carboxylic acids is 1. The molecule has 1 atom stereocenters. The van der Waals surface area contributed by atoms with Gasteiger partial charge in [0, 0.05) is 12.1 Å². The minimum absolute atomic E-state index is 0.106. The zero-order valence-electron chi connectivity index (χ0n) is 13.7. The number of nitrogens with zero attached hydrogens (tertiary/aromatic N) is 3. The van der Waals surface area contributed by atoms with Crippen LogP contribution in [0.5, 0.6) is 5.75 Å². The number of hydrogen-bond donors (Lipinski definition) is 2. The Hall–Kier alpha value is -2.48. The largest absolute Gasteiger partial charge is 0.494 e. The highest BCUT2D eigenvalue weighted by atomic mass is 32.2. The number of ether oxygens (including phenoxy) is 1. The number of nitrogens with two attached hydrogens (primary N) is 1. The van der Waals surface area contributed by atoms with Crippen LogP contribution in [0.4, 0.5) is 0 Å². The molecule has 128 valence electrons. The van der Waals surface area contributed by atoms with E-state index in [2.05, 4.69) is 22.1 Å². The molecule has 0 radical (unpaired) electrons. The monoisotopic (exact) mass is 347 g/mol. The fourth-order valence-corrected chi connectivity index (χ4v) is 2.74. The number of rotatable bonds is 8. The number of amides is 1. The van der Waals surface area contributed by atoms with Gasteiger partial charge in [-0.05, 0) is 38.1 Å². The molecule has 1 heterocycles. The first-order valence-electron chi connectivity index (χ1n) is 7.55. The van der Waals surface area contributed by atoms with E-state index < -0.39 is 0 Å². The predicted molar refractivity (Wildman–Crippen MR) is 95.3 cm³/mol. The number of nitrogens with one attached hydrogen (secondary N) is 1. The van der Waals surface area contributed by atoms with Crippen molar-refractivity contribution >= 4 is 17.7 Å². The van der Waals surface area contributed by atoms with Crippen molar-refractivity contribution in [3.8, 4) is 17.1 Å². The second-order valence-electron chi connectivity index (χ2n) is 4.93. The van der Waals surface area contributed by atoms with E-state index in [9.17, 15) is 4.79 Å². The van der Waals surface area contributed by atoms with Crippen molar-refractivity contribution in [3.63, 3.8) is 0 Å². The summed E-state index contributed by atoms with van der Waals surface area (Å²) in [4.78, 5) is 11.9. The number of nitrogen functional groups attached to an aromatic ring is 1. The molecule has 8 heteroatoms. The Bertz CT molecular complexity index is 699. The zero-order chi connectivity index (χ0) is 17.5. The average molecular weight is 347 g/mol. The molecule has 0 saturated heterocycles. The summed E-state index contributed by atoms with van der Waals surface area (Å²) >= 11 is 1.25. The highest BCUT2D eigenvalue weighted by Crippen LogP contribution is 2.25. The van der Waals surface area contributed by atoms with E-state index in [4.69, 9.17) is 10.6 Å². The van der Waals surface area contributed by atoms with Crippen molar-refractivity contribution < 1.29 is 9.53 Å². The first-order valence-corrected chi connectivity index (χ1v) is 8.43. The Labute approximate surface area is 145 Å². The number of hydrogen-bond acceptors (Lipinski definition) is 6. The molecule has 0 saturated carbocycles. The molecule has 1 amide bonds. The van der Waals surface area contributed by atoms with E-state index in [1.54, 1.807) is 13.0 Å². The molecule has 2 aromatic rings. The summed E-state index contributed by atoms with van der Waals surface area (Å²) in [5.74, 6) is 7.28. The van der Waals surface area contributed by atoms with Crippen LogP contribution in [0.1, 0.15) is 13.8 Å². The summed E-state index contributed by atoms with van der Waals surface area (Å²) in [6, 6.07) is 7.44. The predicted octanol–water partition coefficient (Wildman–Crippen LogP) is 1.84. The van der Waals surface area contributed by atoms with Crippen LogP contribution in [0, 0.1) is 0 Å². The quantitative estimate of drug-likeness (QED) is 0.430. The fourth-order valence-electron chi connectivity index (χ4n) is 1.95. The van der Waals surface area contributed by atoms with Gasteiger partial charge in [0.15, 0.2) is 5.82 Å². The minimum Gasteiger partial charge on any atom is -0.494 e. The average Bonchev–Trinajstić information content (AvgIpc) is 2.94. The van der Waals surface area contributed by atoms with Gasteiger partial charge in [0.1, 0.15) is 5.75 Å². The third-order valence-corrected chi connectivity index (χ3v) is 4.22. The summed E-state index contributed by atoms with van der Waals surface area (Å²) in [7, 11) is 0. The summed E-state index contributed by atoms with van der Waals surface area (Å²) in [5, 5.41) is 11.1. The molecular formula is C16H21N5O2S. The maximum absolute atomic E-state index is 11.9. The third kappa shape index (κ3) is 4.29. The van der Waals surface area contributed by atoms with Gasteiger partial charge in [-0.25, -0.2) is 4.68 Å². The van der Waals surface area contributed by atoms with Crippen LogP contribution >= 0.6 is 11.8 Å². The van der Waals surface area contributed by atoms with Gasteiger partial charge in [-0.3, -0.25) is 4.79 Å². The Kier molecular flexibility index (Phi) is 6.25. The molecule has 0 spiro atoms. The van der Waals surface area contributed by atoms with Crippen LogP contribution in [-0.2, 0) is 4.79 Å². The van der Waals surface area contributed by atoms with E-state index >= 15 is 0 Å².